The van der Waals surface area contributed by atoms with Crippen LogP contribution in [0.3, 0.4) is 0 Å². The first-order valence-corrected chi connectivity index (χ1v) is 12.5. The fourth-order valence-electron chi connectivity index (χ4n) is 4.73. The third kappa shape index (κ3) is 6.54. The maximum absolute atomic E-state index is 6.24. The third-order valence-electron chi connectivity index (χ3n) is 6.37. The molecule has 4 unspecified atom stereocenters. The Morgan fingerprint density at radius 2 is 1.08 bits per heavy atom. The Hall–Kier alpha value is -3.71. The largest absolute Gasteiger partial charge is 0.338 e. The number of piperidine rings is 2. The lowest BCUT2D eigenvalue weighted by molar-refractivity contribution is 0.441. The molecule has 0 amide bonds. The molecule has 12 heteroatoms. The molecule has 0 bridgehead atoms. The molecule has 2 aliphatic rings. The minimum atomic E-state index is -0.0465. The zero-order valence-corrected chi connectivity index (χ0v) is 20.7. The van der Waals surface area contributed by atoms with E-state index in [0.29, 0.717) is 44.0 Å². The van der Waals surface area contributed by atoms with Crippen LogP contribution in [0, 0.1) is 0 Å². The van der Waals surface area contributed by atoms with Crippen molar-refractivity contribution in [3.63, 3.8) is 0 Å². The minimum absolute atomic E-state index is 0.0465. The molecule has 4 atom stereocenters. The van der Waals surface area contributed by atoms with Crippen LogP contribution in [-0.2, 0) is 0 Å². The second kappa shape index (κ2) is 11.1. The van der Waals surface area contributed by atoms with Crippen molar-refractivity contribution in [3.8, 4) is 0 Å². The second-order valence-corrected chi connectivity index (χ2v) is 9.79. The van der Waals surface area contributed by atoms with Crippen LogP contribution in [0.2, 0.25) is 0 Å². The predicted molar refractivity (Wildman–Crippen MR) is 146 cm³/mol. The Morgan fingerprint density at radius 3 is 1.57 bits per heavy atom. The molecule has 3 aromatic rings. The van der Waals surface area contributed by atoms with Crippen molar-refractivity contribution >= 4 is 34.9 Å². The average Bonchev–Trinajstić information content (AvgIpc) is 2.88. The number of nitrogens with zero attached hydrogens (tertiary/aromatic N) is 7. The van der Waals surface area contributed by atoms with Crippen molar-refractivity contribution in [1.82, 2.24) is 15.0 Å². The Labute approximate surface area is 216 Å². The summed E-state index contributed by atoms with van der Waals surface area (Å²) in [6.07, 6.45) is 1.53. The van der Waals surface area contributed by atoms with Gasteiger partial charge in [0.05, 0.1) is 11.4 Å². The van der Waals surface area contributed by atoms with E-state index in [4.69, 9.17) is 37.9 Å². The molecule has 12 nitrogen and oxygen atoms in total. The van der Waals surface area contributed by atoms with E-state index < -0.39 is 0 Å². The highest BCUT2D eigenvalue weighted by molar-refractivity contribution is 5.59. The maximum Gasteiger partial charge on any atom is 0.233 e. The molecule has 2 saturated heterocycles. The summed E-state index contributed by atoms with van der Waals surface area (Å²) in [4.78, 5) is 18.2. The van der Waals surface area contributed by atoms with E-state index in [2.05, 4.69) is 15.5 Å². The summed E-state index contributed by atoms with van der Waals surface area (Å²) in [6.45, 7) is 2.49. The highest BCUT2D eigenvalue weighted by Gasteiger charge is 2.28. The highest BCUT2D eigenvalue weighted by Crippen LogP contribution is 2.25. The van der Waals surface area contributed by atoms with Gasteiger partial charge in [-0.05, 0) is 49.2 Å². The van der Waals surface area contributed by atoms with Gasteiger partial charge in [-0.25, -0.2) is 0 Å². The van der Waals surface area contributed by atoms with E-state index in [1.54, 1.807) is 0 Å². The molecule has 194 valence electrons. The number of hydrogen-bond acceptors (Lipinski definition) is 12. The molecule has 0 radical (unpaired) electrons. The lowest BCUT2D eigenvalue weighted by Gasteiger charge is -2.37. The van der Waals surface area contributed by atoms with E-state index in [-0.39, 0.29) is 24.2 Å². The van der Waals surface area contributed by atoms with Gasteiger partial charge in [0.15, 0.2) is 0 Å². The average molecular weight is 503 g/mol. The summed E-state index contributed by atoms with van der Waals surface area (Å²) >= 11 is 0. The first kappa shape index (κ1) is 25.0. The number of hydrogen-bond donors (Lipinski definition) is 5. The van der Waals surface area contributed by atoms with Crippen LogP contribution in [0.25, 0.3) is 0 Å². The summed E-state index contributed by atoms with van der Waals surface area (Å²) in [5.41, 5.74) is 27.3. The zero-order valence-electron chi connectivity index (χ0n) is 20.7. The molecule has 2 aliphatic heterocycles. The quantitative estimate of drug-likeness (QED) is 0.311. The molecule has 3 heterocycles. The minimum Gasteiger partial charge on any atom is -0.338 e. The molecule has 0 aliphatic carbocycles. The first-order chi connectivity index (χ1) is 17.9. The van der Waals surface area contributed by atoms with Crippen molar-refractivity contribution in [3.05, 3.63) is 54.6 Å². The fourth-order valence-corrected chi connectivity index (χ4v) is 4.73. The fraction of sp³-hybridized carbons (Fsp3) is 0.400. The molecular formula is C25H34N12. The Balaban J connectivity index is 1.38. The van der Waals surface area contributed by atoms with Crippen LogP contribution in [-0.4, -0.2) is 65.3 Å². The van der Waals surface area contributed by atoms with Gasteiger partial charge >= 0.3 is 0 Å². The number of nitrogens with two attached hydrogens (primary N) is 4. The molecule has 1 aromatic heterocycles. The topological polar surface area (TPSA) is 186 Å². The maximum atomic E-state index is 6.24. The summed E-state index contributed by atoms with van der Waals surface area (Å²) < 4.78 is 0. The lowest BCUT2D eigenvalue weighted by Crippen LogP contribution is -2.54. The van der Waals surface area contributed by atoms with Gasteiger partial charge in [0.25, 0.3) is 0 Å². The van der Waals surface area contributed by atoms with Gasteiger partial charge in [-0.15, -0.1) is 0 Å². The summed E-state index contributed by atoms with van der Waals surface area (Å²) in [7, 11) is 0. The predicted octanol–water partition coefficient (Wildman–Crippen LogP) is 1.76. The van der Waals surface area contributed by atoms with E-state index >= 15 is 0 Å². The summed E-state index contributed by atoms with van der Waals surface area (Å²) in [6, 6.07) is 17.0. The monoisotopic (exact) mass is 502 g/mol. The second-order valence-electron chi connectivity index (χ2n) is 9.79. The lowest BCUT2D eigenvalue weighted by atomic mass is 10.0. The highest BCUT2D eigenvalue weighted by atomic mass is 15.4. The van der Waals surface area contributed by atoms with Crippen molar-refractivity contribution in [1.29, 1.82) is 0 Å². The number of anilines is 4. The SMILES string of the molecule is NC1CC(N)CN(c2nc(Nc3ccc(N=Nc4ccccc4)cc3)nc(N3CC(N)CC(N)C3)n2)C1. The van der Waals surface area contributed by atoms with Crippen LogP contribution in [0.15, 0.2) is 64.8 Å². The van der Waals surface area contributed by atoms with Gasteiger partial charge in [0.2, 0.25) is 17.8 Å². The Bertz CT molecular complexity index is 1140. The number of rotatable bonds is 6. The molecule has 37 heavy (non-hydrogen) atoms. The van der Waals surface area contributed by atoms with Crippen molar-refractivity contribution in [2.45, 2.75) is 37.0 Å². The molecule has 2 aromatic carbocycles. The van der Waals surface area contributed by atoms with Gasteiger partial charge in [0.1, 0.15) is 0 Å². The molecule has 9 N–H and O–H groups in total. The van der Waals surface area contributed by atoms with E-state index in [1.165, 1.54) is 0 Å². The van der Waals surface area contributed by atoms with E-state index in [9.17, 15) is 0 Å². The molecule has 2 fully saturated rings. The van der Waals surface area contributed by atoms with Crippen LogP contribution in [0.5, 0.6) is 0 Å². The third-order valence-corrected chi connectivity index (χ3v) is 6.37. The number of aromatic nitrogens is 3. The van der Waals surface area contributed by atoms with Crippen molar-refractivity contribution in [2.24, 2.45) is 33.2 Å². The van der Waals surface area contributed by atoms with Crippen LogP contribution >= 0.6 is 0 Å². The number of azo groups is 1. The van der Waals surface area contributed by atoms with Crippen molar-refractivity contribution in [2.75, 3.05) is 41.3 Å². The van der Waals surface area contributed by atoms with Gasteiger partial charge in [-0.3, -0.25) is 0 Å². The van der Waals surface area contributed by atoms with E-state index in [1.807, 2.05) is 64.4 Å². The zero-order chi connectivity index (χ0) is 25.8. The molecule has 5 rings (SSSR count). The Kier molecular flexibility index (Phi) is 7.51. The first-order valence-electron chi connectivity index (χ1n) is 12.5. The molecular weight excluding hydrogens is 468 g/mol. The van der Waals surface area contributed by atoms with Gasteiger partial charge in [-0.1, -0.05) is 18.2 Å². The van der Waals surface area contributed by atoms with Crippen LogP contribution in [0.1, 0.15) is 12.8 Å². The van der Waals surface area contributed by atoms with E-state index in [0.717, 1.165) is 29.9 Å². The van der Waals surface area contributed by atoms with Gasteiger partial charge in [-0.2, -0.15) is 25.2 Å². The Morgan fingerprint density at radius 1 is 0.622 bits per heavy atom. The summed E-state index contributed by atoms with van der Waals surface area (Å²) in [5.74, 6) is 1.47. The standard InChI is InChI=1S/C25H34N12/c26-16-10-17(27)13-36(12-16)24-31-23(32-25(33-24)37-14-18(28)11-19(29)15-37)30-20-6-8-22(9-7-20)35-34-21-4-2-1-3-5-21/h1-9,16-19H,10-15,26-29H2,(H,30,31,32,33). The molecule has 0 spiro atoms. The number of benzene rings is 2. The smallest absolute Gasteiger partial charge is 0.233 e. The normalized spacial score (nSPS) is 24.4. The van der Waals surface area contributed by atoms with Crippen molar-refractivity contribution < 1.29 is 0 Å². The van der Waals surface area contributed by atoms with Gasteiger partial charge in [0, 0.05) is 56.0 Å². The molecule has 0 saturated carbocycles. The van der Waals surface area contributed by atoms with Gasteiger partial charge < -0.3 is 38.1 Å². The van der Waals surface area contributed by atoms with Crippen LogP contribution in [0.4, 0.5) is 34.9 Å². The number of nitrogens with one attached hydrogen (secondary N) is 1. The van der Waals surface area contributed by atoms with Crippen LogP contribution < -0.4 is 38.1 Å². The summed E-state index contributed by atoms with van der Waals surface area (Å²) in [5, 5.41) is 11.9.